The molecule has 1 amide bonds. The second kappa shape index (κ2) is 5.35. The van der Waals surface area contributed by atoms with Crippen LogP contribution in [0.3, 0.4) is 0 Å². The fourth-order valence-corrected chi connectivity index (χ4v) is 3.72. The lowest BCUT2D eigenvalue weighted by Crippen LogP contribution is -2.47. The largest absolute Gasteiger partial charge is 0.351 e. The fraction of sp³-hybridized carbons (Fsp3) is 0.500. The van der Waals surface area contributed by atoms with Crippen LogP contribution in [0.2, 0.25) is 0 Å². The summed E-state index contributed by atoms with van der Waals surface area (Å²) in [5, 5.41) is 1.12. The molecule has 23 heavy (non-hydrogen) atoms. The number of likely N-dealkylation sites (tertiary alicyclic amines) is 1. The summed E-state index contributed by atoms with van der Waals surface area (Å²) in [4.78, 5) is 18.0. The molecule has 0 radical (unpaired) electrons. The van der Waals surface area contributed by atoms with Crippen LogP contribution in [0.1, 0.15) is 34.5 Å². The Morgan fingerprint density at radius 1 is 1.13 bits per heavy atom. The molecule has 2 aliphatic rings. The maximum atomic E-state index is 12.8. The molecule has 122 valence electrons. The predicted molar refractivity (Wildman–Crippen MR) is 87.5 cm³/mol. The lowest BCUT2D eigenvalue weighted by Gasteiger charge is -2.37. The number of aromatic nitrogens is 1. The van der Waals surface area contributed by atoms with Gasteiger partial charge in [0.25, 0.3) is 5.91 Å². The standard InChI is InChI=1S/C18H22N2O3/c1-12-9-13(2)14-11-16(19-15(14)10-12)17(21)20-5-3-18(4-6-20)22-7-8-23-18/h9-11,19H,3-8H2,1-2H3. The Kier molecular flexibility index (Phi) is 3.43. The average Bonchev–Trinajstić information content (AvgIpc) is 3.15. The van der Waals surface area contributed by atoms with E-state index >= 15 is 0 Å². The lowest BCUT2D eigenvalue weighted by molar-refractivity contribution is -0.181. The summed E-state index contributed by atoms with van der Waals surface area (Å²) in [5.74, 6) is -0.378. The first-order chi connectivity index (χ1) is 11.1. The number of nitrogens with zero attached hydrogens (tertiary/aromatic N) is 1. The number of carbonyl (C=O) groups is 1. The van der Waals surface area contributed by atoms with Crippen molar-refractivity contribution in [2.45, 2.75) is 32.5 Å². The van der Waals surface area contributed by atoms with Gasteiger partial charge in [0.1, 0.15) is 5.69 Å². The van der Waals surface area contributed by atoms with Crippen molar-refractivity contribution in [3.63, 3.8) is 0 Å². The molecule has 0 saturated carbocycles. The van der Waals surface area contributed by atoms with Gasteiger partial charge >= 0.3 is 0 Å². The number of aryl methyl sites for hydroxylation is 2. The third kappa shape index (κ3) is 2.54. The van der Waals surface area contributed by atoms with E-state index in [1.54, 1.807) is 0 Å². The van der Waals surface area contributed by atoms with Gasteiger partial charge < -0.3 is 19.4 Å². The summed E-state index contributed by atoms with van der Waals surface area (Å²) in [6, 6.07) is 6.20. The number of carbonyl (C=O) groups excluding carboxylic acids is 1. The van der Waals surface area contributed by atoms with Crippen LogP contribution in [0, 0.1) is 13.8 Å². The van der Waals surface area contributed by atoms with Gasteiger partial charge in [0.05, 0.1) is 13.2 Å². The molecule has 2 aromatic rings. The molecule has 1 spiro atoms. The predicted octanol–water partition coefficient (Wildman–Crippen LogP) is 2.76. The summed E-state index contributed by atoms with van der Waals surface area (Å²) in [5.41, 5.74) is 4.09. The molecule has 1 N–H and O–H groups in total. The number of aromatic amines is 1. The van der Waals surface area contributed by atoms with Gasteiger partial charge in [-0.15, -0.1) is 0 Å². The third-order valence-electron chi connectivity index (χ3n) is 4.95. The maximum absolute atomic E-state index is 12.8. The zero-order chi connectivity index (χ0) is 16.0. The van der Waals surface area contributed by atoms with Gasteiger partial charge in [0.2, 0.25) is 0 Å². The van der Waals surface area contributed by atoms with Crippen molar-refractivity contribution in [3.05, 3.63) is 35.0 Å². The minimum Gasteiger partial charge on any atom is -0.351 e. The Labute approximate surface area is 135 Å². The average molecular weight is 314 g/mol. The minimum atomic E-state index is -0.440. The Morgan fingerprint density at radius 2 is 1.83 bits per heavy atom. The van der Waals surface area contributed by atoms with Crippen molar-refractivity contribution in [1.29, 1.82) is 0 Å². The number of nitrogens with one attached hydrogen (secondary N) is 1. The maximum Gasteiger partial charge on any atom is 0.270 e. The Bertz CT molecular complexity index is 749. The molecule has 1 aromatic heterocycles. The molecule has 0 atom stereocenters. The highest BCUT2D eigenvalue weighted by Gasteiger charge is 2.41. The van der Waals surface area contributed by atoms with Gasteiger partial charge in [-0.25, -0.2) is 0 Å². The van der Waals surface area contributed by atoms with Gasteiger partial charge in [-0.3, -0.25) is 4.79 Å². The number of ether oxygens (including phenoxy) is 2. The molecular weight excluding hydrogens is 292 g/mol. The summed E-state index contributed by atoms with van der Waals surface area (Å²) >= 11 is 0. The Balaban J connectivity index is 1.54. The van der Waals surface area contributed by atoms with E-state index in [1.807, 2.05) is 11.0 Å². The quantitative estimate of drug-likeness (QED) is 0.880. The van der Waals surface area contributed by atoms with Crippen LogP contribution in [0.25, 0.3) is 10.9 Å². The number of amides is 1. The van der Waals surface area contributed by atoms with Crippen LogP contribution in [0.5, 0.6) is 0 Å². The molecule has 2 fully saturated rings. The van der Waals surface area contributed by atoms with E-state index in [2.05, 4.69) is 31.0 Å². The van der Waals surface area contributed by atoms with E-state index in [-0.39, 0.29) is 5.91 Å². The first-order valence-corrected chi connectivity index (χ1v) is 8.23. The van der Waals surface area contributed by atoms with Gasteiger partial charge in [0.15, 0.2) is 5.79 Å². The van der Waals surface area contributed by atoms with Gasteiger partial charge in [-0.2, -0.15) is 0 Å². The molecule has 1 aromatic carbocycles. The van der Waals surface area contributed by atoms with Crippen molar-refractivity contribution in [3.8, 4) is 0 Å². The molecule has 5 heteroatoms. The third-order valence-corrected chi connectivity index (χ3v) is 4.95. The van der Waals surface area contributed by atoms with Crippen LogP contribution in [-0.4, -0.2) is 47.9 Å². The van der Waals surface area contributed by atoms with Gasteiger partial charge in [-0.05, 0) is 37.1 Å². The Morgan fingerprint density at radius 3 is 2.52 bits per heavy atom. The smallest absolute Gasteiger partial charge is 0.270 e. The highest BCUT2D eigenvalue weighted by Crippen LogP contribution is 2.32. The number of piperidine rings is 1. The number of benzene rings is 1. The van der Waals surface area contributed by atoms with Gasteiger partial charge in [0, 0.05) is 36.8 Å². The van der Waals surface area contributed by atoms with Gasteiger partial charge in [-0.1, -0.05) is 6.07 Å². The summed E-state index contributed by atoms with van der Waals surface area (Å²) in [6.45, 7) is 6.82. The van der Waals surface area contributed by atoms with Crippen LogP contribution < -0.4 is 0 Å². The van der Waals surface area contributed by atoms with E-state index in [9.17, 15) is 4.79 Å². The number of fused-ring (bicyclic) bond motifs is 1. The lowest BCUT2D eigenvalue weighted by atomic mass is 10.0. The van der Waals surface area contributed by atoms with Crippen LogP contribution in [-0.2, 0) is 9.47 Å². The number of rotatable bonds is 1. The van der Waals surface area contributed by atoms with Crippen molar-refractivity contribution in [1.82, 2.24) is 9.88 Å². The highest BCUT2D eigenvalue weighted by atomic mass is 16.7. The topological polar surface area (TPSA) is 54.6 Å². The second-order valence-electron chi connectivity index (χ2n) is 6.63. The highest BCUT2D eigenvalue weighted by molar-refractivity contribution is 5.99. The molecule has 0 unspecified atom stereocenters. The minimum absolute atomic E-state index is 0.0612. The molecule has 5 nitrogen and oxygen atoms in total. The van der Waals surface area contributed by atoms with E-state index in [0.29, 0.717) is 32.0 Å². The zero-order valence-corrected chi connectivity index (χ0v) is 13.6. The molecule has 2 aliphatic heterocycles. The number of hydrogen-bond acceptors (Lipinski definition) is 3. The number of hydrogen-bond donors (Lipinski definition) is 1. The molecule has 2 saturated heterocycles. The van der Waals surface area contributed by atoms with Crippen LogP contribution in [0.4, 0.5) is 0 Å². The molecular formula is C18H22N2O3. The van der Waals surface area contributed by atoms with Crippen molar-refractivity contribution >= 4 is 16.8 Å². The van der Waals surface area contributed by atoms with E-state index in [0.717, 1.165) is 23.7 Å². The van der Waals surface area contributed by atoms with Crippen molar-refractivity contribution in [2.24, 2.45) is 0 Å². The molecule has 0 bridgehead atoms. The summed E-state index contributed by atoms with van der Waals surface area (Å²) in [6.07, 6.45) is 1.49. The SMILES string of the molecule is Cc1cc(C)c2cc(C(=O)N3CCC4(CC3)OCCO4)[nH]c2c1. The fourth-order valence-electron chi connectivity index (χ4n) is 3.72. The second-order valence-corrected chi connectivity index (χ2v) is 6.63. The van der Waals surface area contributed by atoms with E-state index < -0.39 is 5.79 Å². The van der Waals surface area contributed by atoms with Crippen LogP contribution >= 0.6 is 0 Å². The summed E-state index contributed by atoms with van der Waals surface area (Å²) in [7, 11) is 0. The molecule has 0 aliphatic carbocycles. The van der Waals surface area contributed by atoms with E-state index in [1.165, 1.54) is 11.1 Å². The van der Waals surface area contributed by atoms with E-state index in [4.69, 9.17) is 9.47 Å². The van der Waals surface area contributed by atoms with Crippen molar-refractivity contribution < 1.29 is 14.3 Å². The van der Waals surface area contributed by atoms with Crippen LogP contribution in [0.15, 0.2) is 18.2 Å². The summed E-state index contributed by atoms with van der Waals surface area (Å²) < 4.78 is 11.4. The molecule has 4 rings (SSSR count). The number of H-pyrrole nitrogens is 1. The first kappa shape index (κ1) is 14.7. The monoisotopic (exact) mass is 314 g/mol. The normalized spacial score (nSPS) is 20.5. The first-order valence-electron chi connectivity index (χ1n) is 8.23. The van der Waals surface area contributed by atoms with Crippen molar-refractivity contribution in [2.75, 3.05) is 26.3 Å². The molecule has 3 heterocycles. The zero-order valence-electron chi connectivity index (χ0n) is 13.6. The Hall–Kier alpha value is -1.85.